The molecule has 0 spiro atoms. The average molecular weight is 265 g/mol. The van der Waals surface area contributed by atoms with Crippen molar-refractivity contribution in [1.82, 2.24) is 0 Å². The summed E-state index contributed by atoms with van der Waals surface area (Å²) in [4.78, 5) is 0. The molecule has 0 N–H and O–H groups in total. The van der Waals surface area contributed by atoms with Crippen LogP contribution in [0.3, 0.4) is 0 Å². The molecule has 0 saturated carbocycles. The monoisotopic (exact) mass is 264 g/mol. The van der Waals surface area contributed by atoms with E-state index in [0.29, 0.717) is 0 Å². The zero-order valence-corrected chi connectivity index (χ0v) is 11.9. The molecule has 16 heavy (non-hydrogen) atoms. The Labute approximate surface area is 111 Å². The van der Waals surface area contributed by atoms with Gasteiger partial charge in [-0.25, -0.2) is 0 Å². The third-order valence-electron chi connectivity index (χ3n) is 2.68. The highest BCUT2D eigenvalue weighted by molar-refractivity contribution is 6.18. The Morgan fingerprint density at radius 3 is 1.25 bits per heavy atom. The quantitative estimate of drug-likeness (QED) is 0.233. The molecule has 0 radical (unpaired) electrons. The van der Waals surface area contributed by atoms with Crippen molar-refractivity contribution >= 4 is 23.2 Å². The van der Waals surface area contributed by atoms with Crippen LogP contribution in [-0.4, -0.2) is 11.8 Å². The first kappa shape index (κ1) is 16.3. The molecule has 0 heterocycles. The van der Waals surface area contributed by atoms with Crippen molar-refractivity contribution < 1.29 is 0 Å². The summed E-state index contributed by atoms with van der Waals surface area (Å²) in [7, 11) is 0. The lowest BCUT2D eigenvalue weighted by atomic mass is 10.1. The van der Waals surface area contributed by atoms with Gasteiger partial charge in [-0.2, -0.15) is 0 Å². The predicted octanol–water partition coefficient (Wildman–Crippen LogP) is 5.92. The second kappa shape index (κ2) is 15.3. The lowest BCUT2D eigenvalue weighted by Gasteiger charge is -1.97. The van der Waals surface area contributed by atoms with E-state index >= 15 is 0 Å². The van der Waals surface area contributed by atoms with Crippen LogP contribution in [-0.2, 0) is 0 Å². The average Bonchev–Trinajstić information content (AvgIpc) is 2.31. The topological polar surface area (TPSA) is 0 Å². The molecule has 0 aromatic rings. The van der Waals surface area contributed by atoms with E-state index in [4.69, 9.17) is 23.2 Å². The van der Waals surface area contributed by atoms with Crippen LogP contribution < -0.4 is 0 Å². The van der Waals surface area contributed by atoms with E-state index in [0.717, 1.165) is 11.8 Å². The van der Waals surface area contributed by atoms with Gasteiger partial charge in [0.25, 0.3) is 0 Å². The van der Waals surface area contributed by atoms with Gasteiger partial charge in [0.2, 0.25) is 0 Å². The Balaban J connectivity index is 2.98. The lowest BCUT2D eigenvalue weighted by Crippen LogP contribution is -1.79. The molecular weight excluding hydrogens is 239 g/mol. The molecule has 96 valence electrons. The van der Waals surface area contributed by atoms with Crippen LogP contribution in [0, 0.1) is 0 Å². The Morgan fingerprint density at radius 1 is 0.500 bits per heavy atom. The molecule has 2 heteroatoms. The largest absolute Gasteiger partial charge is 0.127 e. The van der Waals surface area contributed by atoms with Crippen LogP contribution >= 0.6 is 23.2 Å². The molecule has 0 aromatic heterocycles. The molecule has 0 bridgehead atoms. The summed E-state index contributed by atoms with van der Waals surface area (Å²) in [6.45, 7) is 0. The normalized spacial score (nSPS) is 11.4. The first-order valence-corrected chi connectivity index (χ1v) is 7.75. The zero-order valence-electron chi connectivity index (χ0n) is 10.4. The molecule has 0 aromatic carbocycles. The SMILES string of the molecule is ClCCCCCCC=CCCCCCCCl. The number of hydrogen-bond acceptors (Lipinski definition) is 0. The number of unbranched alkanes of at least 4 members (excludes halogenated alkanes) is 8. The van der Waals surface area contributed by atoms with Crippen molar-refractivity contribution in [3.05, 3.63) is 12.2 Å². The molecule has 0 aliphatic heterocycles. The molecule has 0 atom stereocenters. The lowest BCUT2D eigenvalue weighted by molar-refractivity contribution is 0.667. The van der Waals surface area contributed by atoms with Crippen LogP contribution in [0.15, 0.2) is 12.2 Å². The summed E-state index contributed by atoms with van der Waals surface area (Å²) in [5.74, 6) is 1.64. The first-order chi connectivity index (χ1) is 7.91. The van der Waals surface area contributed by atoms with Crippen molar-refractivity contribution in [2.75, 3.05) is 11.8 Å². The van der Waals surface area contributed by atoms with Gasteiger partial charge >= 0.3 is 0 Å². The van der Waals surface area contributed by atoms with Gasteiger partial charge in [0.1, 0.15) is 0 Å². The van der Waals surface area contributed by atoms with E-state index in [1.807, 2.05) is 0 Å². The number of allylic oxidation sites excluding steroid dienone is 2. The number of hydrogen-bond donors (Lipinski definition) is 0. The van der Waals surface area contributed by atoms with Gasteiger partial charge in [0, 0.05) is 11.8 Å². The number of rotatable bonds is 12. The Hall–Kier alpha value is 0.320. The minimum Gasteiger partial charge on any atom is -0.127 e. The van der Waals surface area contributed by atoms with Gasteiger partial charge < -0.3 is 0 Å². The molecule has 0 aliphatic rings. The molecule has 0 rings (SSSR count). The maximum atomic E-state index is 5.61. The van der Waals surface area contributed by atoms with E-state index in [-0.39, 0.29) is 0 Å². The molecule has 0 aliphatic carbocycles. The highest BCUT2D eigenvalue weighted by Gasteiger charge is 1.88. The molecular formula is C14H26Cl2. The van der Waals surface area contributed by atoms with Gasteiger partial charge in [-0.05, 0) is 38.5 Å². The third kappa shape index (κ3) is 14.3. The highest BCUT2D eigenvalue weighted by atomic mass is 35.5. The fourth-order valence-electron chi connectivity index (χ4n) is 1.66. The molecule has 0 amide bonds. The number of halogens is 2. The highest BCUT2D eigenvalue weighted by Crippen LogP contribution is 2.07. The Bertz CT molecular complexity index is 128. The van der Waals surface area contributed by atoms with Gasteiger partial charge in [-0.3, -0.25) is 0 Å². The summed E-state index contributed by atoms with van der Waals surface area (Å²) in [5, 5.41) is 0. The fraction of sp³-hybridized carbons (Fsp3) is 0.857. The number of alkyl halides is 2. The minimum absolute atomic E-state index is 0.818. The van der Waals surface area contributed by atoms with E-state index in [1.165, 1.54) is 64.2 Å². The predicted molar refractivity (Wildman–Crippen MR) is 76.8 cm³/mol. The summed E-state index contributed by atoms with van der Waals surface area (Å²) < 4.78 is 0. The van der Waals surface area contributed by atoms with Gasteiger partial charge in [-0.15, -0.1) is 23.2 Å². The fourth-order valence-corrected chi connectivity index (χ4v) is 2.03. The van der Waals surface area contributed by atoms with Crippen molar-refractivity contribution in [2.24, 2.45) is 0 Å². The van der Waals surface area contributed by atoms with Crippen LogP contribution in [0.5, 0.6) is 0 Å². The van der Waals surface area contributed by atoms with E-state index in [2.05, 4.69) is 12.2 Å². The molecule has 0 fully saturated rings. The van der Waals surface area contributed by atoms with Crippen molar-refractivity contribution in [3.63, 3.8) is 0 Å². The van der Waals surface area contributed by atoms with Crippen LogP contribution in [0.25, 0.3) is 0 Å². The van der Waals surface area contributed by atoms with Crippen molar-refractivity contribution in [1.29, 1.82) is 0 Å². The molecule has 0 unspecified atom stereocenters. The van der Waals surface area contributed by atoms with Crippen LogP contribution in [0.1, 0.15) is 64.2 Å². The maximum absolute atomic E-state index is 5.61. The summed E-state index contributed by atoms with van der Waals surface area (Å²) in [5.41, 5.74) is 0. The van der Waals surface area contributed by atoms with E-state index < -0.39 is 0 Å². The summed E-state index contributed by atoms with van der Waals surface area (Å²) in [6, 6.07) is 0. The van der Waals surface area contributed by atoms with Crippen molar-refractivity contribution in [2.45, 2.75) is 64.2 Å². The second-order valence-corrected chi connectivity index (χ2v) is 5.01. The Morgan fingerprint density at radius 2 is 0.875 bits per heavy atom. The van der Waals surface area contributed by atoms with E-state index in [1.54, 1.807) is 0 Å². The minimum atomic E-state index is 0.818. The first-order valence-electron chi connectivity index (χ1n) is 6.68. The molecule has 0 nitrogen and oxygen atoms in total. The standard InChI is InChI=1S/C14H26Cl2/c15-13-11-9-7-5-3-1-2-4-6-8-10-12-14-16/h1-2H,3-14H2. The molecule has 0 saturated heterocycles. The summed E-state index contributed by atoms with van der Waals surface area (Å²) in [6.07, 6.45) is 17.4. The zero-order chi connectivity index (χ0) is 11.9. The van der Waals surface area contributed by atoms with E-state index in [9.17, 15) is 0 Å². The second-order valence-electron chi connectivity index (χ2n) is 4.26. The summed E-state index contributed by atoms with van der Waals surface area (Å²) >= 11 is 11.2. The smallest absolute Gasteiger partial charge is 0.0223 e. The van der Waals surface area contributed by atoms with Crippen molar-refractivity contribution in [3.8, 4) is 0 Å². The van der Waals surface area contributed by atoms with Crippen LogP contribution in [0.4, 0.5) is 0 Å². The van der Waals surface area contributed by atoms with Crippen LogP contribution in [0.2, 0.25) is 0 Å². The van der Waals surface area contributed by atoms with Gasteiger partial charge in [-0.1, -0.05) is 37.8 Å². The van der Waals surface area contributed by atoms with Gasteiger partial charge in [0.15, 0.2) is 0 Å². The third-order valence-corrected chi connectivity index (χ3v) is 3.21. The Kier molecular flexibility index (Phi) is 15.6. The maximum Gasteiger partial charge on any atom is 0.0223 e. The van der Waals surface area contributed by atoms with Gasteiger partial charge in [0.05, 0.1) is 0 Å².